The molecule has 2 aromatic rings. The number of hydrogen-bond donors (Lipinski definition) is 2. The SMILES string of the molecule is O=C(N[C@@]1(C(F)(F)F)NC(=O)N(c2ccc(F)cc2)C1=O)c1ccc(Cl)cc1. The number of carbonyl (C=O) groups is 3. The minimum absolute atomic E-state index is 0.176. The summed E-state index contributed by atoms with van der Waals surface area (Å²) in [6.07, 6.45) is -5.36. The summed E-state index contributed by atoms with van der Waals surface area (Å²) in [5.74, 6) is -3.75. The predicted octanol–water partition coefficient (Wildman–Crippen LogP) is 3.22. The quantitative estimate of drug-likeness (QED) is 0.597. The van der Waals surface area contributed by atoms with Crippen molar-refractivity contribution in [3.05, 3.63) is 64.9 Å². The third-order valence-corrected chi connectivity index (χ3v) is 4.19. The number of benzene rings is 2. The standard InChI is InChI=1S/C17H10ClF4N3O3/c18-10-3-1-9(2-4-10)13(26)23-16(17(20,21)22)14(27)25(15(28)24-16)12-7-5-11(19)6-8-12/h1-8H,(H,23,26)(H,24,28)/t16-/m1/s1. The Morgan fingerprint density at radius 1 is 1.04 bits per heavy atom. The van der Waals surface area contributed by atoms with Gasteiger partial charge < -0.3 is 5.32 Å². The second-order valence-corrected chi connectivity index (χ2v) is 6.19. The average Bonchev–Trinajstić information content (AvgIpc) is 2.87. The van der Waals surface area contributed by atoms with Crippen molar-refractivity contribution in [2.45, 2.75) is 11.8 Å². The molecule has 0 aliphatic carbocycles. The van der Waals surface area contributed by atoms with E-state index in [0.717, 1.165) is 36.4 Å². The fourth-order valence-corrected chi connectivity index (χ4v) is 2.67. The van der Waals surface area contributed by atoms with Crippen molar-refractivity contribution < 1.29 is 31.9 Å². The Labute approximate surface area is 160 Å². The molecule has 1 saturated heterocycles. The number of alkyl halides is 3. The molecule has 6 nitrogen and oxygen atoms in total. The Hall–Kier alpha value is -3.14. The van der Waals surface area contributed by atoms with E-state index in [2.05, 4.69) is 0 Å². The molecule has 1 fully saturated rings. The Morgan fingerprint density at radius 3 is 2.14 bits per heavy atom. The van der Waals surface area contributed by atoms with Crippen LogP contribution in [0.2, 0.25) is 5.02 Å². The number of amides is 4. The number of rotatable bonds is 3. The maximum absolute atomic E-state index is 13.8. The summed E-state index contributed by atoms with van der Waals surface area (Å²) in [6, 6.07) is 7.09. The molecule has 0 saturated carbocycles. The van der Waals surface area contributed by atoms with Gasteiger partial charge in [0.2, 0.25) is 0 Å². The lowest BCUT2D eigenvalue weighted by Crippen LogP contribution is -2.69. The first kappa shape index (κ1) is 19.6. The van der Waals surface area contributed by atoms with Crippen LogP contribution in [0, 0.1) is 5.82 Å². The fraction of sp³-hybridized carbons (Fsp3) is 0.118. The van der Waals surface area contributed by atoms with Crippen LogP contribution in [-0.4, -0.2) is 29.7 Å². The molecule has 0 bridgehead atoms. The molecule has 0 unspecified atom stereocenters. The number of nitrogens with zero attached hydrogens (tertiary/aromatic N) is 1. The first-order valence-electron chi connectivity index (χ1n) is 7.62. The fourth-order valence-electron chi connectivity index (χ4n) is 2.55. The molecule has 4 amide bonds. The Morgan fingerprint density at radius 2 is 1.61 bits per heavy atom. The van der Waals surface area contributed by atoms with Crippen LogP contribution in [0.4, 0.5) is 28.0 Å². The van der Waals surface area contributed by atoms with Gasteiger partial charge in [-0.15, -0.1) is 0 Å². The monoisotopic (exact) mass is 415 g/mol. The third kappa shape index (κ3) is 3.26. The summed E-state index contributed by atoms with van der Waals surface area (Å²) in [6.45, 7) is 0. The van der Waals surface area contributed by atoms with Crippen molar-refractivity contribution in [1.29, 1.82) is 0 Å². The van der Waals surface area contributed by atoms with E-state index in [9.17, 15) is 31.9 Å². The Kier molecular flexibility index (Phi) is 4.76. The number of hydrogen-bond acceptors (Lipinski definition) is 3. The van der Waals surface area contributed by atoms with E-state index in [4.69, 9.17) is 11.6 Å². The topological polar surface area (TPSA) is 78.5 Å². The van der Waals surface area contributed by atoms with E-state index in [1.54, 1.807) is 5.32 Å². The summed E-state index contributed by atoms with van der Waals surface area (Å²) in [5, 5.41) is 3.29. The van der Waals surface area contributed by atoms with Gasteiger partial charge in [-0.2, -0.15) is 13.2 Å². The zero-order valence-electron chi connectivity index (χ0n) is 13.7. The van der Waals surface area contributed by atoms with Crippen molar-refractivity contribution in [2.24, 2.45) is 0 Å². The van der Waals surface area contributed by atoms with Gasteiger partial charge in [0.15, 0.2) is 0 Å². The average molecular weight is 416 g/mol. The lowest BCUT2D eigenvalue weighted by Gasteiger charge is -2.29. The van der Waals surface area contributed by atoms with Gasteiger partial charge in [-0.25, -0.2) is 14.1 Å². The predicted molar refractivity (Wildman–Crippen MR) is 90.1 cm³/mol. The molecule has 0 radical (unpaired) electrons. The first-order valence-corrected chi connectivity index (χ1v) is 8.00. The molecule has 146 valence electrons. The zero-order chi connectivity index (χ0) is 20.7. The molecule has 11 heteroatoms. The smallest absolute Gasteiger partial charge is 0.314 e. The van der Waals surface area contributed by atoms with Crippen molar-refractivity contribution in [1.82, 2.24) is 10.6 Å². The molecule has 3 rings (SSSR count). The molecule has 1 atom stereocenters. The molecular formula is C17H10ClF4N3O3. The number of carbonyl (C=O) groups excluding carboxylic acids is 3. The van der Waals surface area contributed by atoms with Crippen LogP contribution >= 0.6 is 11.6 Å². The normalized spacial score (nSPS) is 19.5. The molecule has 28 heavy (non-hydrogen) atoms. The zero-order valence-corrected chi connectivity index (χ0v) is 14.4. The lowest BCUT2D eigenvalue weighted by molar-refractivity contribution is -0.197. The van der Waals surface area contributed by atoms with E-state index < -0.39 is 35.5 Å². The van der Waals surface area contributed by atoms with Gasteiger partial charge in [-0.3, -0.25) is 14.9 Å². The number of nitrogens with one attached hydrogen (secondary N) is 2. The van der Waals surface area contributed by atoms with Crippen LogP contribution < -0.4 is 15.5 Å². The maximum Gasteiger partial charge on any atom is 0.440 e. The van der Waals surface area contributed by atoms with Gasteiger partial charge in [0, 0.05) is 10.6 Å². The van der Waals surface area contributed by atoms with Crippen LogP contribution in [0.25, 0.3) is 0 Å². The van der Waals surface area contributed by atoms with E-state index in [1.807, 2.05) is 0 Å². The molecule has 0 aromatic heterocycles. The Bertz CT molecular complexity index is 948. The second kappa shape index (κ2) is 6.79. The van der Waals surface area contributed by atoms with Crippen molar-refractivity contribution in [3.63, 3.8) is 0 Å². The molecular weight excluding hydrogens is 406 g/mol. The summed E-state index contributed by atoms with van der Waals surface area (Å²) in [7, 11) is 0. The summed E-state index contributed by atoms with van der Waals surface area (Å²) in [4.78, 5) is 37.2. The number of imide groups is 1. The van der Waals surface area contributed by atoms with Crippen molar-refractivity contribution >= 4 is 35.1 Å². The van der Waals surface area contributed by atoms with Crippen LogP contribution in [-0.2, 0) is 4.79 Å². The van der Waals surface area contributed by atoms with E-state index >= 15 is 0 Å². The highest BCUT2D eigenvalue weighted by molar-refractivity contribution is 6.30. The van der Waals surface area contributed by atoms with Gasteiger partial charge in [0.25, 0.3) is 17.5 Å². The molecule has 2 aromatic carbocycles. The highest BCUT2D eigenvalue weighted by Gasteiger charge is 2.69. The number of halogens is 5. The third-order valence-electron chi connectivity index (χ3n) is 3.94. The van der Waals surface area contributed by atoms with Crippen molar-refractivity contribution in [3.8, 4) is 0 Å². The summed E-state index contributed by atoms with van der Waals surface area (Å²) >= 11 is 5.67. The van der Waals surface area contributed by atoms with Crippen LogP contribution in [0.3, 0.4) is 0 Å². The molecule has 1 aliphatic heterocycles. The van der Waals surface area contributed by atoms with Crippen LogP contribution in [0.5, 0.6) is 0 Å². The minimum atomic E-state index is -5.36. The van der Waals surface area contributed by atoms with E-state index in [-0.39, 0.29) is 21.2 Å². The molecule has 2 N–H and O–H groups in total. The van der Waals surface area contributed by atoms with E-state index in [0.29, 0.717) is 0 Å². The van der Waals surface area contributed by atoms with Gasteiger partial charge in [0.05, 0.1) is 5.69 Å². The minimum Gasteiger partial charge on any atom is -0.314 e. The highest BCUT2D eigenvalue weighted by Crippen LogP contribution is 2.36. The Balaban J connectivity index is 1.99. The first-order chi connectivity index (χ1) is 13.0. The molecule has 1 heterocycles. The molecule has 0 spiro atoms. The van der Waals surface area contributed by atoms with E-state index in [1.165, 1.54) is 17.4 Å². The van der Waals surface area contributed by atoms with Gasteiger partial charge >= 0.3 is 12.2 Å². The van der Waals surface area contributed by atoms with Crippen LogP contribution in [0.15, 0.2) is 48.5 Å². The van der Waals surface area contributed by atoms with Gasteiger partial charge in [-0.05, 0) is 48.5 Å². The van der Waals surface area contributed by atoms with Gasteiger partial charge in [-0.1, -0.05) is 11.6 Å². The van der Waals surface area contributed by atoms with Crippen molar-refractivity contribution in [2.75, 3.05) is 4.90 Å². The largest absolute Gasteiger partial charge is 0.440 e. The summed E-state index contributed by atoms with van der Waals surface area (Å²) < 4.78 is 54.4. The number of urea groups is 1. The second-order valence-electron chi connectivity index (χ2n) is 5.76. The highest BCUT2D eigenvalue weighted by atomic mass is 35.5. The number of anilines is 1. The maximum atomic E-state index is 13.8. The molecule has 1 aliphatic rings. The summed E-state index contributed by atoms with van der Waals surface area (Å²) in [5.41, 5.74) is -4.19. The van der Waals surface area contributed by atoms with Crippen LogP contribution in [0.1, 0.15) is 10.4 Å². The lowest BCUT2D eigenvalue weighted by atomic mass is 10.1. The van der Waals surface area contributed by atoms with Gasteiger partial charge in [0.1, 0.15) is 5.82 Å².